The van der Waals surface area contributed by atoms with Gasteiger partial charge in [0.25, 0.3) is 5.91 Å². The van der Waals surface area contributed by atoms with Crippen LogP contribution in [0.25, 0.3) is 11.4 Å². The summed E-state index contributed by atoms with van der Waals surface area (Å²) in [5.41, 5.74) is 0.754. The molecule has 0 bridgehead atoms. The molecule has 1 fully saturated rings. The van der Waals surface area contributed by atoms with Gasteiger partial charge in [-0.2, -0.15) is 4.80 Å². The number of nitrogens with one attached hydrogen (secondary N) is 1. The maximum atomic E-state index is 14.2. The molecule has 1 aliphatic rings. The number of carbonyl (C=O) groups is 2. The second kappa shape index (κ2) is 12.1. The number of benzene rings is 2. The minimum atomic E-state index is -0.700. The van der Waals surface area contributed by atoms with Gasteiger partial charge >= 0.3 is 0 Å². The quantitative estimate of drug-likeness (QED) is 0.422. The fraction of sp³-hybridized carbons (Fsp3) is 0.423. The third kappa shape index (κ3) is 6.26. The number of amides is 2. The van der Waals surface area contributed by atoms with Crippen LogP contribution in [0.15, 0.2) is 48.5 Å². The van der Waals surface area contributed by atoms with Crippen molar-refractivity contribution in [2.45, 2.75) is 70.5 Å². The largest absolute Gasteiger partial charge is 0.352 e. The van der Waals surface area contributed by atoms with E-state index in [0.29, 0.717) is 17.1 Å². The van der Waals surface area contributed by atoms with Crippen molar-refractivity contribution in [2.75, 3.05) is 4.90 Å². The number of halogens is 2. The van der Waals surface area contributed by atoms with Crippen molar-refractivity contribution in [1.82, 2.24) is 25.5 Å². The minimum absolute atomic E-state index is 0.0838. The number of tetrazole rings is 1. The Labute approximate surface area is 214 Å². The van der Waals surface area contributed by atoms with Gasteiger partial charge in [0.05, 0.1) is 5.56 Å². The topological polar surface area (TPSA) is 93.0 Å². The fourth-order valence-electron chi connectivity index (χ4n) is 4.50. The zero-order valence-corrected chi connectivity index (χ0v) is 21.0. The first-order chi connectivity index (χ1) is 17.5. The standard InChI is InChI=1S/C26H30ClFN6O2/c1-2-3-12-23(26(36)29-19-8-4-5-9-19)34(20-15-13-18(27)14-16-20)24(35)17-33-31-25(30-32-33)21-10-6-7-11-22(21)28/h6-7,10-11,13-16,19,23H,2-5,8-9,12,17H2,1H3,(H,29,36). The minimum Gasteiger partial charge on any atom is -0.352 e. The van der Waals surface area contributed by atoms with Crippen LogP contribution < -0.4 is 10.2 Å². The first-order valence-corrected chi connectivity index (χ1v) is 12.7. The molecule has 190 valence electrons. The highest BCUT2D eigenvalue weighted by atomic mass is 35.5. The van der Waals surface area contributed by atoms with Crippen LogP contribution in [-0.2, 0) is 16.1 Å². The Morgan fingerprint density at radius 2 is 1.89 bits per heavy atom. The number of hydrogen-bond donors (Lipinski definition) is 1. The van der Waals surface area contributed by atoms with E-state index in [1.807, 2.05) is 6.92 Å². The molecule has 0 saturated heterocycles. The first kappa shape index (κ1) is 25.8. The third-order valence-electron chi connectivity index (χ3n) is 6.36. The van der Waals surface area contributed by atoms with Crippen LogP contribution in [0, 0.1) is 5.82 Å². The summed E-state index contributed by atoms with van der Waals surface area (Å²) < 4.78 is 14.2. The van der Waals surface area contributed by atoms with Gasteiger partial charge in [-0.3, -0.25) is 14.5 Å². The maximum absolute atomic E-state index is 14.2. The molecule has 3 aromatic rings. The van der Waals surface area contributed by atoms with Crippen molar-refractivity contribution in [1.29, 1.82) is 0 Å². The van der Waals surface area contributed by atoms with Crippen LogP contribution in [0.4, 0.5) is 10.1 Å². The zero-order chi connectivity index (χ0) is 25.5. The van der Waals surface area contributed by atoms with Crippen molar-refractivity contribution in [3.8, 4) is 11.4 Å². The average Bonchev–Trinajstić information content (AvgIpc) is 3.55. The molecule has 1 saturated carbocycles. The van der Waals surface area contributed by atoms with Crippen molar-refractivity contribution in [3.63, 3.8) is 0 Å². The highest BCUT2D eigenvalue weighted by Crippen LogP contribution is 2.25. The van der Waals surface area contributed by atoms with Crippen LogP contribution in [0.2, 0.25) is 5.02 Å². The van der Waals surface area contributed by atoms with Crippen molar-refractivity contribution in [3.05, 3.63) is 59.4 Å². The highest BCUT2D eigenvalue weighted by Gasteiger charge is 2.33. The third-order valence-corrected chi connectivity index (χ3v) is 6.62. The molecule has 36 heavy (non-hydrogen) atoms. The molecular weight excluding hydrogens is 483 g/mol. The summed E-state index contributed by atoms with van der Waals surface area (Å²) in [5.74, 6) is -0.940. The number of anilines is 1. The Hall–Kier alpha value is -3.33. The number of aromatic nitrogens is 4. The number of unbranched alkanes of at least 4 members (excludes halogenated alkanes) is 1. The average molecular weight is 513 g/mol. The molecule has 1 N–H and O–H groups in total. The number of hydrogen-bond acceptors (Lipinski definition) is 5. The predicted molar refractivity (Wildman–Crippen MR) is 136 cm³/mol. The summed E-state index contributed by atoms with van der Waals surface area (Å²) in [6.45, 7) is 1.79. The molecule has 0 radical (unpaired) electrons. The highest BCUT2D eigenvalue weighted by molar-refractivity contribution is 6.30. The molecule has 2 amide bonds. The smallest absolute Gasteiger partial charge is 0.251 e. The van der Waals surface area contributed by atoms with E-state index in [4.69, 9.17) is 11.6 Å². The van der Waals surface area contributed by atoms with Gasteiger partial charge in [0.15, 0.2) is 0 Å². The number of rotatable bonds is 10. The summed E-state index contributed by atoms with van der Waals surface area (Å²) >= 11 is 6.09. The lowest BCUT2D eigenvalue weighted by Crippen LogP contribution is -2.52. The monoisotopic (exact) mass is 512 g/mol. The summed E-state index contributed by atoms with van der Waals surface area (Å²) in [6.07, 6.45) is 6.24. The molecule has 8 nitrogen and oxygen atoms in total. The van der Waals surface area contributed by atoms with Gasteiger partial charge in [-0.05, 0) is 60.9 Å². The van der Waals surface area contributed by atoms with Gasteiger partial charge in [0.1, 0.15) is 18.4 Å². The van der Waals surface area contributed by atoms with Crippen LogP contribution in [0.5, 0.6) is 0 Å². The van der Waals surface area contributed by atoms with Crippen LogP contribution in [0.1, 0.15) is 51.9 Å². The van der Waals surface area contributed by atoms with E-state index in [1.165, 1.54) is 11.0 Å². The lowest BCUT2D eigenvalue weighted by molar-refractivity contribution is -0.127. The van der Waals surface area contributed by atoms with E-state index < -0.39 is 11.9 Å². The van der Waals surface area contributed by atoms with E-state index in [2.05, 4.69) is 20.7 Å². The van der Waals surface area contributed by atoms with Crippen molar-refractivity contribution >= 4 is 29.1 Å². The van der Waals surface area contributed by atoms with E-state index in [1.54, 1.807) is 42.5 Å². The molecule has 2 aromatic carbocycles. The Bertz CT molecular complexity index is 1180. The molecule has 10 heteroatoms. The zero-order valence-electron chi connectivity index (χ0n) is 20.2. The lowest BCUT2D eigenvalue weighted by atomic mass is 10.0. The second-order valence-corrected chi connectivity index (χ2v) is 9.45. The SMILES string of the molecule is CCCCC(C(=O)NC1CCCC1)N(C(=O)Cn1nnc(-c2ccccc2F)n1)c1ccc(Cl)cc1. The lowest BCUT2D eigenvalue weighted by Gasteiger charge is -2.32. The molecule has 0 spiro atoms. The number of nitrogens with zero attached hydrogens (tertiary/aromatic N) is 5. The summed E-state index contributed by atoms with van der Waals surface area (Å²) in [7, 11) is 0. The Balaban J connectivity index is 1.61. The van der Waals surface area contributed by atoms with Crippen LogP contribution in [-0.4, -0.2) is 44.1 Å². The van der Waals surface area contributed by atoms with E-state index in [-0.39, 0.29) is 35.8 Å². The van der Waals surface area contributed by atoms with Gasteiger partial charge in [-0.15, -0.1) is 10.2 Å². The summed E-state index contributed by atoms with van der Waals surface area (Å²) in [5, 5.41) is 15.8. The van der Waals surface area contributed by atoms with E-state index in [9.17, 15) is 14.0 Å². The molecule has 0 aliphatic heterocycles. The molecular formula is C26H30ClFN6O2. The summed E-state index contributed by atoms with van der Waals surface area (Å²) in [4.78, 5) is 29.7. The first-order valence-electron chi connectivity index (χ1n) is 12.4. The summed E-state index contributed by atoms with van der Waals surface area (Å²) in [6, 6.07) is 12.4. The van der Waals surface area contributed by atoms with E-state index in [0.717, 1.165) is 43.3 Å². The van der Waals surface area contributed by atoms with E-state index >= 15 is 0 Å². The van der Waals surface area contributed by atoms with Crippen molar-refractivity contribution in [2.24, 2.45) is 0 Å². The molecule has 1 aliphatic carbocycles. The normalized spacial score (nSPS) is 14.5. The van der Waals surface area contributed by atoms with Gasteiger partial charge in [0.2, 0.25) is 11.7 Å². The van der Waals surface area contributed by atoms with Crippen LogP contribution >= 0.6 is 11.6 Å². The van der Waals surface area contributed by atoms with Gasteiger partial charge in [-0.1, -0.05) is 56.3 Å². The molecule has 1 atom stereocenters. The molecule has 1 heterocycles. The van der Waals surface area contributed by atoms with Crippen LogP contribution in [0.3, 0.4) is 0 Å². The predicted octanol–water partition coefficient (Wildman–Crippen LogP) is 4.78. The molecule has 1 unspecified atom stereocenters. The van der Waals surface area contributed by atoms with Gasteiger partial charge < -0.3 is 5.32 Å². The molecule has 4 rings (SSSR count). The second-order valence-electron chi connectivity index (χ2n) is 9.01. The van der Waals surface area contributed by atoms with Crippen molar-refractivity contribution < 1.29 is 14.0 Å². The number of carbonyl (C=O) groups excluding carboxylic acids is 2. The fourth-order valence-corrected chi connectivity index (χ4v) is 4.63. The van der Waals surface area contributed by atoms with Gasteiger partial charge in [0, 0.05) is 16.8 Å². The molecule has 1 aromatic heterocycles. The Morgan fingerprint density at radius 3 is 2.58 bits per heavy atom. The Morgan fingerprint density at radius 1 is 1.17 bits per heavy atom. The van der Waals surface area contributed by atoms with Gasteiger partial charge in [-0.25, -0.2) is 4.39 Å². The Kier molecular flexibility index (Phi) is 8.64. The maximum Gasteiger partial charge on any atom is 0.251 e.